The normalized spacial score (nSPS) is 30.4. The smallest absolute Gasteiger partial charge is 0.308 e. The van der Waals surface area contributed by atoms with Crippen LogP contribution in [0, 0.1) is 11.8 Å². The fraction of sp³-hybridized carbons (Fsp3) is 0.593. The number of carbonyl (C=O) groups is 1. The van der Waals surface area contributed by atoms with E-state index in [0.717, 1.165) is 59.7 Å². The second-order valence-corrected chi connectivity index (χ2v) is 10.6. The lowest BCUT2D eigenvalue weighted by atomic mass is 9.89. The number of rotatable bonds is 5. The summed E-state index contributed by atoms with van der Waals surface area (Å²) >= 11 is 6.85. The Kier molecular flexibility index (Phi) is 6.35. The number of methoxy groups -OCH3 is 1. The Morgan fingerprint density at radius 1 is 1.03 bits per heavy atom. The van der Waals surface area contributed by atoms with Gasteiger partial charge in [-0.1, -0.05) is 36.7 Å². The van der Waals surface area contributed by atoms with Crippen molar-refractivity contribution >= 4 is 28.3 Å². The second-order valence-electron chi connectivity index (χ2n) is 10.2. The molecule has 0 spiro atoms. The maximum atomic E-state index is 12.1. The van der Waals surface area contributed by atoms with Crippen LogP contribution in [0.25, 0.3) is 10.8 Å². The van der Waals surface area contributed by atoms with E-state index in [1.165, 1.54) is 38.4 Å². The van der Waals surface area contributed by atoms with Crippen LogP contribution in [0.2, 0.25) is 5.02 Å². The maximum Gasteiger partial charge on any atom is 0.308 e. The number of esters is 1. The number of carbonyl (C=O) groups excluding carboxylic acids is 1. The molecule has 3 aliphatic rings. The van der Waals surface area contributed by atoms with Gasteiger partial charge in [0.1, 0.15) is 5.75 Å². The molecule has 2 bridgehead atoms. The van der Waals surface area contributed by atoms with E-state index in [4.69, 9.17) is 21.1 Å². The van der Waals surface area contributed by atoms with Crippen LogP contribution in [0.15, 0.2) is 30.3 Å². The van der Waals surface area contributed by atoms with Crippen LogP contribution in [0.1, 0.15) is 63.9 Å². The number of benzene rings is 2. The number of hydrogen-bond acceptors (Lipinski definition) is 4. The largest absolute Gasteiger partial charge is 0.489 e. The van der Waals surface area contributed by atoms with Gasteiger partial charge in [-0.3, -0.25) is 9.69 Å². The number of halogens is 1. The molecule has 5 rings (SSSR count). The second kappa shape index (κ2) is 9.23. The first-order chi connectivity index (χ1) is 15.5. The van der Waals surface area contributed by atoms with E-state index in [1.807, 2.05) is 6.07 Å². The quantitative estimate of drug-likeness (QED) is 0.491. The third-order valence-electron chi connectivity index (χ3n) is 8.03. The lowest BCUT2D eigenvalue weighted by Gasteiger charge is -2.38. The van der Waals surface area contributed by atoms with Gasteiger partial charge in [-0.15, -0.1) is 0 Å². The fourth-order valence-electron chi connectivity index (χ4n) is 6.13. The van der Waals surface area contributed by atoms with Gasteiger partial charge < -0.3 is 9.47 Å². The molecule has 0 aromatic heterocycles. The monoisotopic (exact) mass is 455 g/mol. The van der Waals surface area contributed by atoms with Crippen molar-refractivity contribution < 1.29 is 14.3 Å². The van der Waals surface area contributed by atoms with Crippen LogP contribution in [-0.4, -0.2) is 36.2 Å². The zero-order valence-corrected chi connectivity index (χ0v) is 19.9. The maximum absolute atomic E-state index is 12.1. The minimum atomic E-state index is -0.0426. The van der Waals surface area contributed by atoms with Gasteiger partial charge in [0, 0.05) is 24.0 Å². The molecule has 172 valence electrons. The van der Waals surface area contributed by atoms with Gasteiger partial charge in [0.25, 0.3) is 0 Å². The molecule has 2 aromatic rings. The van der Waals surface area contributed by atoms with Gasteiger partial charge in [0.15, 0.2) is 0 Å². The van der Waals surface area contributed by atoms with Crippen molar-refractivity contribution in [3.8, 4) is 5.75 Å². The van der Waals surface area contributed by atoms with Crippen LogP contribution in [0.5, 0.6) is 5.75 Å². The Morgan fingerprint density at radius 2 is 1.72 bits per heavy atom. The van der Waals surface area contributed by atoms with E-state index >= 15 is 0 Å². The molecule has 2 aromatic carbocycles. The van der Waals surface area contributed by atoms with Crippen molar-refractivity contribution in [2.24, 2.45) is 11.8 Å². The number of piperidine rings is 1. The highest BCUT2D eigenvalue weighted by atomic mass is 35.5. The van der Waals surface area contributed by atoms with Gasteiger partial charge in [-0.2, -0.15) is 0 Å². The van der Waals surface area contributed by atoms with Gasteiger partial charge in [0.2, 0.25) is 0 Å². The van der Waals surface area contributed by atoms with Crippen LogP contribution in [0.4, 0.5) is 0 Å². The van der Waals surface area contributed by atoms with E-state index < -0.39 is 0 Å². The summed E-state index contributed by atoms with van der Waals surface area (Å²) in [5.74, 6) is 1.63. The Labute approximate surface area is 196 Å². The molecule has 1 saturated carbocycles. The number of hydrogen-bond donors (Lipinski definition) is 0. The molecule has 3 fully saturated rings. The summed E-state index contributed by atoms with van der Waals surface area (Å²) in [5, 5.41) is 2.95. The van der Waals surface area contributed by atoms with Crippen LogP contribution >= 0.6 is 11.6 Å². The molecule has 1 aliphatic carbocycles. The molecule has 5 heteroatoms. The minimum absolute atomic E-state index is 0.0426. The lowest BCUT2D eigenvalue weighted by Crippen LogP contribution is -2.44. The zero-order chi connectivity index (χ0) is 22.2. The Balaban J connectivity index is 1.32. The molecule has 2 heterocycles. The number of fused-ring (bicyclic) bond motifs is 3. The molecule has 0 amide bonds. The first-order valence-electron chi connectivity index (χ1n) is 12.2. The van der Waals surface area contributed by atoms with Gasteiger partial charge in [-0.25, -0.2) is 0 Å². The Hall–Kier alpha value is -1.78. The molecule has 2 atom stereocenters. The van der Waals surface area contributed by atoms with Crippen LogP contribution < -0.4 is 4.74 Å². The van der Waals surface area contributed by atoms with Gasteiger partial charge in [0.05, 0.1) is 24.2 Å². The first-order valence-corrected chi connectivity index (χ1v) is 12.6. The van der Waals surface area contributed by atoms with Crippen molar-refractivity contribution in [2.75, 3.05) is 7.11 Å². The third-order valence-corrected chi connectivity index (χ3v) is 8.42. The van der Waals surface area contributed by atoms with E-state index in [9.17, 15) is 4.79 Å². The molecule has 2 unspecified atom stereocenters. The van der Waals surface area contributed by atoms with E-state index in [0.29, 0.717) is 12.1 Å². The van der Waals surface area contributed by atoms with Crippen LogP contribution in [0.3, 0.4) is 0 Å². The summed E-state index contributed by atoms with van der Waals surface area (Å²) in [5.41, 5.74) is 1.27. The highest BCUT2D eigenvalue weighted by Gasteiger charge is 2.43. The molecule has 0 N–H and O–H groups in total. The molecular weight excluding hydrogens is 422 g/mol. The highest BCUT2D eigenvalue weighted by Crippen LogP contribution is 2.41. The standard InChI is InChI=1S/C27H34ClNO3/c1-17-3-10-23(11-4-17)32-25-12-7-19-6-5-18(13-24(19)26(25)28)16-29-21-8-9-22(29)15-20(14-21)27(30)31-2/h5-7,12-13,17,20-23H,3-4,8-11,14-16H2,1-2H3. The summed E-state index contributed by atoms with van der Waals surface area (Å²) in [7, 11) is 1.50. The van der Waals surface area contributed by atoms with E-state index in [1.54, 1.807) is 0 Å². The van der Waals surface area contributed by atoms with E-state index in [2.05, 4.69) is 36.1 Å². The predicted octanol–water partition coefficient (Wildman–Crippen LogP) is 6.37. The number of ether oxygens (including phenoxy) is 2. The molecular formula is C27H34ClNO3. The Bertz CT molecular complexity index is 970. The predicted molar refractivity (Wildman–Crippen MR) is 128 cm³/mol. The average molecular weight is 456 g/mol. The van der Waals surface area contributed by atoms with E-state index in [-0.39, 0.29) is 18.0 Å². The van der Waals surface area contributed by atoms with Crippen LogP contribution in [-0.2, 0) is 16.1 Å². The first kappa shape index (κ1) is 22.0. The summed E-state index contributed by atoms with van der Waals surface area (Å²) in [6.45, 7) is 3.23. The van der Waals surface area contributed by atoms with Crippen molar-refractivity contribution in [1.29, 1.82) is 0 Å². The highest BCUT2D eigenvalue weighted by molar-refractivity contribution is 6.37. The van der Waals surface area contributed by atoms with Crippen molar-refractivity contribution in [3.05, 3.63) is 40.9 Å². The lowest BCUT2D eigenvalue weighted by molar-refractivity contribution is -0.148. The zero-order valence-electron chi connectivity index (χ0n) is 19.2. The SMILES string of the molecule is COC(=O)C1CC2CCC(C1)N2Cc1ccc2ccc(OC3CCC(C)CC3)c(Cl)c2c1. The third kappa shape index (κ3) is 4.36. The fourth-order valence-corrected chi connectivity index (χ4v) is 6.40. The summed E-state index contributed by atoms with van der Waals surface area (Å²) in [6, 6.07) is 11.7. The Morgan fingerprint density at radius 3 is 2.41 bits per heavy atom. The van der Waals surface area contributed by atoms with Gasteiger partial charge in [-0.05, 0) is 80.4 Å². The molecule has 2 aliphatic heterocycles. The molecule has 4 nitrogen and oxygen atoms in total. The van der Waals surface area contributed by atoms with Crippen molar-refractivity contribution in [1.82, 2.24) is 4.90 Å². The van der Waals surface area contributed by atoms with Crippen molar-refractivity contribution in [2.45, 2.75) is 83.0 Å². The summed E-state index contributed by atoms with van der Waals surface area (Å²) < 4.78 is 11.4. The molecule has 0 radical (unpaired) electrons. The average Bonchev–Trinajstić information content (AvgIpc) is 3.03. The summed E-state index contributed by atoms with van der Waals surface area (Å²) in [6.07, 6.45) is 9.13. The number of nitrogens with zero attached hydrogens (tertiary/aromatic N) is 1. The summed E-state index contributed by atoms with van der Waals surface area (Å²) in [4.78, 5) is 14.7. The molecule has 32 heavy (non-hydrogen) atoms. The van der Waals surface area contributed by atoms with Gasteiger partial charge >= 0.3 is 5.97 Å². The minimum Gasteiger partial charge on any atom is -0.489 e. The molecule has 2 saturated heterocycles. The van der Waals surface area contributed by atoms with Crippen molar-refractivity contribution in [3.63, 3.8) is 0 Å². The topological polar surface area (TPSA) is 38.8 Å².